The van der Waals surface area contributed by atoms with Crippen LogP contribution in [0.1, 0.15) is 72.1 Å². The van der Waals surface area contributed by atoms with E-state index in [1.54, 1.807) is 0 Å². The lowest BCUT2D eigenvalue weighted by Gasteiger charge is -2.33. The van der Waals surface area contributed by atoms with Crippen molar-refractivity contribution in [1.29, 1.82) is 0 Å². The summed E-state index contributed by atoms with van der Waals surface area (Å²) < 4.78 is 0. The molecule has 0 aliphatic heterocycles. The van der Waals surface area contributed by atoms with E-state index < -0.39 is 17.4 Å². The molecule has 0 saturated heterocycles. The molecule has 0 heterocycles. The molecule has 0 fully saturated rings. The van der Waals surface area contributed by atoms with E-state index in [2.05, 4.69) is 6.92 Å². The Bertz CT molecular complexity index is 272. The van der Waals surface area contributed by atoms with Crippen molar-refractivity contribution in [3.8, 4) is 0 Å². The molecule has 0 aliphatic rings. The zero-order valence-corrected chi connectivity index (χ0v) is 12.4. The molecule has 0 amide bonds. The Labute approximate surface area is 116 Å². The van der Waals surface area contributed by atoms with Crippen LogP contribution >= 0.6 is 0 Å². The molecule has 0 bridgehead atoms. The maximum Gasteiger partial charge on any atom is 0.321 e. The Kier molecular flexibility index (Phi) is 8.44. The lowest BCUT2D eigenvalue weighted by Crippen LogP contribution is -2.45. The molecule has 0 radical (unpaired) electrons. The summed E-state index contributed by atoms with van der Waals surface area (Å²) in [6, 6.07) is 0. The number of hydrogen-bond acceptors (Lipinski definition) is 2. The van der Waals surface area contributed by atoms with Crippen LogP contribution < -0.4 is 0 Å². The lowest BCUT2D eigenvalue weighted by molar-refractivity contribution is -0.170. The summed E-state index contributed by atoms with van der Waals surface area (Å²) in [5.74, 6) is -2.60. The third kappa shape index (κ3) is 4.51. The Hall–Kier alpha value is -1.06. The molecule has 0 spiro atoms. The largest absolute Gasteiger partial charge is 0.480 e. The number of hydrogen-bond donors (Lipinski definition) is 2. The minimum atomic E-state index is -1.60. The summed E-state index contributed by atoms with van der Waals surface area (Å²) in [7, 11) is 0. The smallest absolute Gasteiger partial charge is 0.321 e. The zero-order chi connectivity index (χ0) is 14.9. The van der Waals surface area contributed by atoms with Crippen molar-refractivity contribution in [2.75, 3.05) is 0 Å². The number of aliphatic carboxylic acids is 2. The molecule has 1 atom stereocenters. The summed E-state index contributed by atoms with van der Waals surface area (Å²) in [5.41, 5.74) is -1.60. The molecule has 1 unspecified atom stereocenters. The second-order valence-electron chi connectivity index (χ2n) is 5.31. The van der Waals surface area contributed by atoms with Crippen molar-refractivity contribution in [3.05, 3.63) is 0 Å². The van der Waals surface area contributed by atoms with E-state index in [4.69, 9.17) is 0 Å². The SMILES string of the molecule is CCCCCC(CCC)C(CCC)(C(=O)O)C(=O)O. The second-order valence-corrected chi connectivity index (χ2v) is 5.31. The van der Waals surface area contributed by atoms with E-state index in [1.807, 2.05) is 13.8 Å². The average Bonchev–Trinajstić information content (AvgIpc) is 2.34. The highest BCUT2D eigenvalue weighted by Gasteiger charge is 2.51. The maximum absolute atomic E-state index is 11.6. The minimum absolute atomic E-state index is 0.217. The first-order chi connectivity index (χ1) is 8.97. The molecular weight excluding hydrogens is 244 g/mol. The first kappa shape index (κ1) is 17.9. The van der Waals surface area contributed by atoms with E-state index >= 15 is 0 Å². The molecule has 112 valence electrons. The van der Waals surface area contributed by atoms with E-state index in [1.165, 1.54) is 0 Å². The first-order valence-corrected chi connectivity index (χ1v) is 7.44. The summed E-state index contributed by atoms with van der Waals surface area (Å²) >= 11 is 0. The predicted octanol–water partition coefficient (Wildman–Crippen LogP) is 3.94. The fraction of sp³-hybridized carbons (Fsp3) is 0.867. The maximum atomic E-state index is 11.6. The molecule has 0 aromatic rings. The highest BCUT2D eigenvalue weighted by atomic mass is 16.4. The van der Waals surface area contributed by atoms with Gasteiger partial charge in [0, 0.05) is 0 Å². The van der Waals surface area contributed by atoms with Crippen LogP contribution in [0.25, 0.3) is 0 Å². The summed E-state index contributed by atoms with van der Waals surface area (Å²) in [6.07, 6.45) is 5.97. The standard InChI is InChI=1S/C15H28O4/c1-4-7-8-10-12(9-5-2)15(11-6-3,13(16)17)14(18)19/h12H,4-11H2,1-3H3,(H,16,17)(H,18,19). The van der Waals surface area contributed by atoms with Crippen molar-refractivity contribution >= 4 is 11.9 Å². The van der Waals surface area contributed by atoms with Gasteiger partial charge in [0.05, 0.1) is 0 Å². The highest BCUT2D eigenvalue weighted by molar-refractivity contribution is 5.98. The van der Waals surface area contributed by atoms with Gasteiger partial charge in [-0.25, -0.2) is 0 Å². The quantitative estimate of drug-likeness (QED) is 0.441. The van der Waals surface area contributed by atoms with Crippen molar-refractivity contribution in [1.82, 2.24) is 0 Å². The molecule has 0 aromatic heterocycles. The molecule has 0 aliphatic carbocycles. The van der Waals surface area contributed by atoms with Crippen LogP contribution in [0.3, 0.4) is 0 Å². The lowest BCUT2D eigenvalue weighted by atomic mass is 9.68. The Balaban J connectivity index is 5.21. The molecule has 4 heteroatoms. The topological polar surface area (TPSA) is 74.6 Å². The number of carboxylic acid groups (broad SMARTS) is 2. The predicted molar refractivity (Wildman–Crippen MR) is 75.2 cm³/mol. The van der Waals surface area contributed by atoms with Gasteiger partial charge in [0.2, 0.25) is 0 Å². The van der Waals surface area contributed by atoms with Crippen molar-refractivity contribution in [2.24, 2.45) is 11.3 Å². The van der Waals surface area contributed by atoms with Gasteiger partial charge < -0.3 is 10.2 Å². The van der Waals surface area contributed by atoms with E-state index in [0.29, 0.717) is 19.3 Å². The fourth-order valence-electron chi connectivity index (χ4n) is 2.88. The van der Waals surface area contributed by atoms with Gasteiger partial charge in [-0.2, -0.15) is 0 Å². The van der Waals surface area contributed by atoms with Crippen LogP contribution in [-0.4, -0.2) is 22.2 Å². The van der Waals surface area contributed by atoms with Gasteiger partial charge in [-0.05, 0) is 25.2 Å². The van der Waals surface area contributed by atoms with Gasteiger partial charge in [-0.1, -0.05) is 52.9 Å². The number of unbranched alkanes of at least 4 members (excludes halogenated alkanes) is 2. The van der Waals surface area contributed by atoms with Gasteiger partial charge in [-0.3, -0.25) is 9.59 Å². The molecule has 2 N–H and O–H groups in total. The summed E-state index contributed by atoms with van der Waals surface area (Å²) in [4.78, 5) is 23.2. The number of carbonyl (C=O) groups is 2. The Morgan fingerprint density at radius 2 is 1.47 bits per heavy atom. The molecule has 4 nitrogen and oxygen atoms in total. The zero-order valence-electron chi connectivity index (χ0n) is 12.4. The molecular formula is C15H28O4. The summed E-state index contributed by atoms with van der Waals surface area (Å²) in [5, 5.41) is 19.0. The van der Waals surface area contributed by atoms with Crippen molar-refractivity contribution in [2.45, 2.75) is 72.1 Å². The molecule has 19 heavy (non-hydrogen) atoms. The summed E-state index contributed by atoms with van der Waals surface area (Å²) in [6.45, 7) is 5.91. The first-order valence-electron chi connectivity index (χ1n) is 7.44. The van der Waals surface area contributed by atoms with Crippen molar-refractivity contribution in [3.63, 3.8) is 0 Å². The van der Waals surface area contributed by atoms with Crippen molar-refractivity contribution < 1.29 is 19.8 Å². The van der Waals surface area contributed by atoms with Gasteiger partial charge in [0.15, 0.2) is 5.41 Å². The number of rotatable bonds is 11. The second kappa shape index (κ2) is 8.94. The van der Waals surface area contributed by atoms with Gasteiger partial charge in [0.25, 0.3) is 0 Å². The minimum Gasteiger partial charge on any atom is -0.480 e. The fourth-order valence-corrected chi connectivity index (χ4v) is 2.88. The van der Waals surface area contributed by atoms with Gasteiger partial charge >= 0.3 is 11.9 Å². The third-order valence-electron chi connectivity index (χ3n) is 3.90. The Morgan fingerprint density at radius 3 is 1.84 bits per heavy atom. The van der Waals surface area contributed by atoms with Gasteiger partial charge in [0.1, 0.15) is 0 Å². The van der Waals surface area contributed by atoms with Crippen LogP contribution in [0.15, 0.2) is 0 Å². The highest BCUT2D eigenvalue weighted by Crippen LogP contribution is 2.40. The van der Waals surface area contributed by atoms with E-state index in [-0.39, 0.29) is 12.3 Å². The number of carboxylic acids is 2. The van der Waals surface area contributed by atoms with E-state index in [9.17, 15) is 19.8 Å². The average molecular weight is 272 g/mol. The van der Waals surface area contributed by atoms with Gasteiger partial charge in [-0.15, -0.1) is 0 Å². The monoisotopic (exact) mass is 272 g/mol. The van der Waals surface area contributed by atoms with Crippen LogP contribution in [-0.2, 0) is 9.59 Å². The molecule has 0 aromatic carbocycles. The normalized spacial score (nSPS) is 13.2. The van der Waals surface area contributed by atoms with Crippen LogP contribution in [0, 0.1) is 11.3 Å². The third-order valence-corrected chi connectivity index (χ3v) is 3.90. The van der Waals surface area contributed by atoms with Crippen LogP contribution in [0.4, 0.5) is 0 Å². The van der Waals surface area contributed by atoms with E-state index in [0.717, 1.165) is 25.7 Å². The van der Waals surface area contributed by atoms with Crippen LogP contribution in [0.2, 0.25) is 0 Å². The molecule has 0 rings (SSSR count). The molecule has 0 saturated carbocycles. The van der Waals surface area contributed by atoms with Crippen LogP contribution in [0.5, 0.6) is 0 Å². The Morgan fingerprint density at radius 1 is 0.895 bits per heavy atom.